The second-order valence-corrected chi connectivity index (χ2v) is 6.14. The van der Waals surface area contributed by atoms with Gasteiger partial charge in [0.1, 0.15) is 5.75 Å². The van der Waals surface area contributed by atoms with Crippen molar-refractivity contribution in [1.29, 1.82) is 0 Å². The third kappa shape index (κ3) is 3.53. The number of benzene rings is 2. The van der Waals surface area contributed by atoms with Gasteiger partial charge in [0.2, 0.25) is 11.7 Å². The second-order valence-electron chi connectivity index (χ2n) is 6.14. The van der Waals surface area contributed by atoms with Crippen LogP contribution in [0.4, 0.5) is 0 Å². The van der Waals surface area contributed by atoms with Gasteiger partial charge in [-0.05, 0) is 47.5 Å². The summed E-state index contributed by atoms with van der Waals surface area (Å²) in [5, 5.41) is 15.5. The van der Waals surface area contributed by atoms with Gasteiger partial charge in [-0.15, -0.1) is 0 Å². The van der Waals surface area contributed by atoms with Crippen LogP contribution >= 0.6 is 0 Å². The molecule has 0 radical (unpaired) electrons. The normalized spacial score (nSPS) is 16.1. The lowest BCUT2D eigenvalue weighted by Gasteiger charge is -2.22. The van der Waals surface area contributed by atoms with E-state index in [-0.39, 0.29) is 17.7 Å². The number of methoxy groups -OCH3 is 3. The highest BCUT2D eigenvalue weighted by Gasteiger charge is 2.32. The highest BCUT2D eigenvalue weighted by molar-refractivity contribution is 6.03. The molecule has 27 heavy (non-hydrogen) atoms. The highest BCUT2D eigenvalue weighted by atomic mass is 16.5. The number of phenols is 1. The summed E-state index contributed by atoms with van der Waals surface area (Å²) in [5.74, 6) is 1.56. The van der Waals surface area contributed by atoms with Gasteiger partial charge in [0.25, 0.3) is 0 Å². The molecule has 0 aromatic heterocycles. The lowest BCUT2D eigenvalue weighted by atomic mass is 9.97. The molecular formula is C20H22N2O5. The van der Waals surface area contributed by atoms with Crippen LogP contribution in [0.1, 0.15) is 30.5 Å². The Morgan fingerprint density at radius 1 is 1.07 bits per heavy atom. The third-order valence-electron chi connectivity index (χ3n) is 4.51. The van der Waals surface area contributed by atoms with Crippen LogP contribution in [-0.4, -0.2) is 43.1 Å². The number of aromatic hydroxyl groups is 1. The number of hydrogen-bond acceptors (Lipinski definition) is 6. The van der Waals surface area contributed by atoms with Gasteiger partial charge in [-0.3, -0.25) is 4.79 Å². The molecule has 1 atom stereocenters. The van der Waals surface area contributed by atoms with Gasteiger partial charge in [0.05, 0.1) is 33.1 Å². The Morgan fingerprint density at radius 3 is 2.15 bits per heavy atom. The molecule has 3 rings (SSSR count). The van der Waals surface area contributed by atoms with Crippen molar-refractivity contribution in [1.82, 2.24) is 5.01 Å². The second kappa shape index (κ2) is 7.57. The fourth-order valence-electron chi connectivity index (χ4n) is 3.18. The molecule has 1 amide bonds. The first kappa shape index (κ1) is 18.6. The summed E-state index contributed by atoms with van der Waals surface area (Å²) in [5.41, 5.74) is 2.45. The fourth-order valence-corrected chi connectivity index (χ4v) is 3.18. The van der Waals surface area contributed by atoms with E-state index in [1.165, 1.54) is 11.9 Å². The molecule has 0 saturated heterocycles. The summed E-state index contributed by atoms with van der Waals surface area (Å²) in [6, 6.07) is 10.1. The molecule has 1 aliphatic heterocycles. The van der Waals surface area contributed by atoms with E-state index in [0.717, 1.165) is 16.8 Å². The number of hydrazone groups is 1. The number of nitrogens with zero attached hydrogens (tertiary/aromatic N) is 2. The van der Waals surface area contributed by atoms with Gasteiger partial charge in [0, 0.05) is 13.3 Å². The summed E-state index contributed by atoms with van der Waals surface area (Å²) >= 11 is 0. The van der Waals surface area contributed by atoms with Crippen LogP contribution in [-0.2, 0) is 4.79 Å². The minimum absolute atomic E-state index is 0.164. The van der Waals surface area contributed by atoms with E-state index >= 15 is 0 Å². The molecule has 1 N–H and O–H groups in total. The smallest absolute Gasteiger partial charge is 0.240 e. The first-order chi connectivity index (χ1) is 13.0. The maximum absolute atomic E-state index is 12.2. The van der Waals surface area contributed by atoms with Crippen LogP contribution in [0, 0.1) is 0 Å². The number of hydrogen-bond donors (Lipinski definition) is 1. The molecule has 1 aliphatic rings. The number of carbonyl (C=O) groups excluding carboxylic acids is 1. The van der Waals surface area contributed by atoms with Crippen LogP contribution in [0.3, 0.4) is 0 Å². The summed E-state index contributed by atoms with van der Waals surface area (Å²) < 4.78 is 16.2. The summed E-state index contributed by atoms with van der Waals surface area (Å²) in [4.78, 5) is 12.2. The Bertz CT molecular complexity index is 851. The quantitative estimate of drug-likeness (QED) is 0.875. The minimum atomic E-state index is -0.292. The molecule has 0 bridgehead atoms. The van der Waals surface area contributed by atoms with Gasteiger partial charge in [-0.1, -0.05) is 0 Å². The average Bonchev–Trinajstić information content (AvgIpc) is 3.13. The molecule has 2 aromatic carbocycles. The summed E-state index contributed by atoms with van der Waals surface area (Å²) in [6.45, 7) is 1.48. The van der Waals surface area contributed by atoms with E-state index in [2.05, 4.69) is 5.10 Å². The lowest BCUT2D eigenvalue weighted by molar-refractivity contribution is -0.130. The first-order valence-corrected chi connectivity index (χ1v) is 8.45. The SMILES string of the molecule is COc1cc(C2CC(c3ccc(O)cc3)=NN2C(C)=O)cc(OC)c1OC. The molecule has 0 fully saturated rings. The van der Waals surface area contributed by atoms with Crippen molar-refractivity contribution in [3.63, 3.8) is 0 Å². The lowest BCUT2D eigenvalue weighted by Crippen LogP contribution is -2.24. The van der Waals surface area contributed by atoms with Gasteiger partial charge in [0.15, 0.2) is 11.5 Å². The molecule has 1 heterocycles. The number of ether oxygens (including phenoxy) is 3. The Labute approximate surface area is 157 Å². The van der Waals surface area contributed by atoms with Gasteiger partial charge < -0.3 is 19.3 Å². The standard InChI is InChI=1S/C20H22N2O5/c1-12(23)22-17(11-16(21-22)13-5-7-15(24)8-6-13)14-9-18(25-2)20(27-4)19(10-14)26-3/h5-10,17,24H,11H2,1-4H3. The minimum Gasteiger partial charge on any atom is -0.508 e. The Balaban J connectivity index is 2.01. The number of amides is 1. The predicted molar refractivity (Wildman–Crippen MR) is 101 cm³/mol. The molecule has 142 valence electrons. The Morgan fingerprint density at radius 2 is 1.67 bits per heavy atom. The summed E-state index contributed by atoms with van der Waals surface area (Å²) in [6.07, 6.45) is 0.531. The molecule has 0 saturated carbocycles. The number of phenolic OH excluding ortho intramolecular Hbond substituents is 1. The van der Waals surface area contributed by atoms with Gasteiger partial charge in [-0.2, -0.15) is 5.10 Å². The van der Waals surface area contributed by atoms with Crippen LogP contribution in [0.15, 0.2) is 41.5 Å². The van der Waals surface area contributed by atoms with Crippen LogP contribution < -0.4 is 14.2 Å². The maximum atomic E-state index is 12.2. The topological polar surface area (TPSA) is 80.6 Å². The molecule has 2 aromatic rings. The van der Waals surface area contributed by atoms with Crippen molar-refractivity contribution in [3.05, 3.63) is 47.5 Å². The summed E-state index contributed by atoms with van der Waals surface area (Å²) in [7, 11) is 4.65. The van der Waals surface area contributed by atoms with Crippen molar-refractivity contribution in [2.45, 2.75) is 19.4 Å². The number of carbonyl (C=O) groups is 1. The van der Waals surface area contributed by atoms with Crippen LogP contribution in [0.25, 0.3) is 0 Å². The molecule has 7 heteroatoms. The van der Waals surface area contributed by atoms with Gasteiger partial charge >= 0.3 is 0 Å². The Hall–Kier alpha value is -3.22. The van der Waals surface area contributed by atoms with E-state index in [1.807, 2.05) is 12.1 Å². The molecule has 0 aliphatic carbocycles. The maximum Gasteiger partial charge on any atom is 0.240 e. The van der Waals surface area contributed by atoms with Crippen molar-refractivity contribution in [2.75, 3.05) is 21.3 Å². The largest absolute Gasteiger partial charge is 0.508 e. The predicted octanol–water partition coefficient (Wildman–Crippen LogP) is 3.12. The van der Waals surface area contributed by atoms with Crippen molar-refractivity contribution in [2.24, 2.45) is 5.10 Å². The number of rotatable bonds is 5. The highest BCUT2D eigenvalue weighted by Crippen LogP contribution is 2.43. The van der Waals surface area contributed by atoms with Crippen molar-refractivity contribution >= 4 is 11.6 Å². The zero-order valence-corrected chi connectivity index (χ0v) is 15.7. The Kier molecular flexibility index (Phi) is 5.21. The van der Waals surface area contributed by atoms with E-state index in [4.69, 9.17) is 14.2 Å². The zero-order chi connectivity index (χ0) is 19.6. The fraction of sp³-hybridized carbons (Fsp3) is 0.300. The zero-order valence-electron chi connectivity index (χ0n) is 15.7. The average molecular weight is 370 g/mol. The molecule has 0 spiro atoms. The van der Waals surface area contributed by atoms with Gasteiger partial charge in [-0.25, -0.2) is 5.01 Å². The molecular weight excluding hydrogens is 348 g/mol. The van der Waals surface area contributed by atoms with Crippen LogP contribution in [0.5, 0.6) is 23.0 Å². The van der Waals surface area contributed by atoms with Crippen LogP contribution in [0.2, 0.25) is 0 Å². The molecule has 1 unspecified atom stereocenters. The van der Waals surface area contributed by atoms with Crippen molar-refractivity contribution < 1.29 is 24.1 Å². The monoisotopic (exact) mass is 370 g/mol. The van der Waals surface area contributed by atoms with E-state index in [1.54, 1.807) is 45.6 Å². The van der Waals surface area contributed by atoms with E-state index < -0.39 is 0 Å². The first-order valence-electron chi connectivity index (χ1n) is 8.45. The van der Waals surface area contributed by atoms with E-state index in [9.17, 15) is 9.90 Å². The molecule has 7 nitrogen and oxygen atoms in total. The van der Waals surface area contributed by atoms with Crippen molar-refractivity contribution in [3.8, 4) is 23.0 Å². The third-order valence-corrected chi connectivity index (χ3v) is 4.51. The van der Waals surface area contributed by atoms with E-state index in [0.29, 0.717) is 23.7 Å².